The minimum Gasteiger partial charge on any atom is -0.505 e. The Kier molecular flexibility index (Phi) is 4.95. The molecule has 0 aliphatic carbocycles. The molecule has 0 atom stereocenters. The lowest BCUT2D eigenvalue weighted by atomic mass is 10.0. The van der Waals surface area contributed by atoms with Crippen LogP contribution >= 0.6 is 0 Å². The maximum atomic E-state index is 15.1. The number of anilines is 2. The first kappa shape index (κ1) is 19.6. The van der Waals surface area contributed by atoms with Gasteiger partial charge in [-0.1, -0.05) is 12.1 Å². The molecule has 4 rings (SSSR count). The first-order chi connectivity index (χ1) is 14.3. The Morgan fingerprint density at radius 2 is 1.77 bits per heavy atom. The lowest BCUT2D eigenvalue weighted by Crippen LogP contribution is -2.16. The Morgan fingerprint density at radius 3 is 2.43 bits per heavy atom. The summed E-state index contributed by atoms with van der Waals surface area (Å²) in [5.74, 6) is -2.31. The quantitative estimate of drug-likeness (QED) is 0.586. The van der Waals surface area contributed by atoms with Crippen LogP contribution in [0, 0.1) is 24.4 Å². The molecule has 0 fully saturated rings. The molecule has 3 aromatic rings. The molecule has 0 aromatic heterocycles. The molecule has 152 valence electrons. The van der Waals surface area contributed by atoms with Crippen LogP contribution < -0.4 is 9.64 Å². The lowest BCUT2D eigenvalue weighted by molar-refractivity contribution is 0.470. The average molecular weight is 410 g/mol. The summed E-state index contributed by atoms with van der Waals surface area (Å²) in [5.41, 5.74) is 1.39. The number of ether oxygens (including phenoxy) is 1. The standard InChI is InChI=1S/C23H17F3N2O2/c1-13-10-15(14-4-3-5-16(24)11-14)12-18(23(13)29)28(2)22-17(25)6-7-19(21(22)26)30-20-8-9-27-20/h3-12,29H,1-2H3. The number of aromatic hydroxyl groups is 1. The Morgan fingerprint density at radius 1 is 1.00 bits per heavy atom. The SMILES string of the molecule is Cc1cc(-c2cccc(F)c2)cc(N(C)c2c(F)ccc(OC3=NC=C3)c2F)c1O. The summed E-state index contributed by atoms with van der Waals surface area (Å²) in [4.78, 5) is 5.00. The number of rotatable bonds is 4. The molecule has 1 aliphatic heterocycles. The minimum atomic E-state index is -0.936. The molecule has 4 nitrogen and oxygen atoms in total. The largest absolute Gasteiger partial charge is 0.505 e. The van der Waals surface area contributed by atoms with Crippen LogP contribution in [-0.4, -0.2) is 18.1 Å². The molecule has 7 heteroatoms. The van der Waals surface area contributed by atoms with Crippen LogP contribution in [0.15, 0.2) is 65.8 Å². The van der Waals surface area contributed by atoms with E-state index in [4.69, 9.17) is 4.74 Å². The number of aryl methyl sites for hydroxylation is 1. The highest BCUT2D eigenvalue weighted by Crippen LogP contribution is 2.41. The normalized spacial score (nSPS) is 12.4. The van der Waals surface area contributed by atoms with Gasteiger partial charge in [0.15, 0.2) is 11.6 Å². The van der Waals surface area contributed by atoms with Crippen LogP contribution in [0.3, 0.4) is 0 Å². The summed E-state index contributed by atoms with van der Waals surface area (Å²) in [6.45, 7) is 1.66. The molecule has 0 saturated carbocycles. The number of aliphatic imine (C=N–C) groups is 1. The van der Waals surface area contributed by atoms with E-state index < -0.39 is 23.1 Å². The fourth-order valence-corrected chi connectivity index (χ4v) is 3.19. The van der Waals surface area contributed by atoms with E-state index in [0.29, 0.717) is 16.7 Å². The molecule has 0 bridgehead atoms. The number of nitrogens with zero attached hydrogens (tertiary/aromatic N) is 2. The van der Waals surface area contributed by atoms with Gasteiger partial charge in [0.05, 0.1) is 5.69 Å². The fourth-order valence-electron chi connectivity index (χ4n) is 3.19. The second kappa shape index (κ2) is 7.59. The van der Waals surface area contributed by atoms with E-state index in [-0.39, 0.29) is 23.1 Å². The van der Waals surface area contributed by atoms with Gasteiger partial charge in [0.1, 0.15) is 23.1 Å². The van der Waals surface area contributed by atoms with Crippen LogP contribution in [0.1, 0.15) is 5.56 Å². The maximum Gasteiger partial charge on any atom is 0.220 e. The van der Waals surface area contributed by atoms with Crippen molar-refractivity contribution in [3.05, 3.63) is 83.8 Å². The van der Waals surface area contributed by atoms with Crippen molar-refractivity contribution in [3.63, 3.8) is 0 Å². The molecule has 0 saturated heterocycles. The molecule has 3 aromatic carbocycles. The van der Waals surface area contributed by atoms with Gasteiger partial charge in [-0.3, -0.25) is 0 Å². The van der Waals surface area contributed by atoms with Gasteiger partial charge in [-0.05, 0) is 60.0 Å². The molecule has 1 heterocycles. The summed E-state index contributed by atoms with van der Waals surface area (Å²) < 4.78 is 48.6. The highest BCUT2D eigenvalue weighted by Gasteiger charge is 2.23. The first-order valence-corrected chi connectivity index (χ1v) is 9.08. The molecule has 0 unspecified atom stereocenters. The second-order valence-corrected chi connectivity index (χ2v) is 6.82. The predicted molar refractivity (Wildman–Crippen MR) is 110 cm³/mol. The summed E-state index contributed by atoms with van der Waals surface area (Å²) >= 11 is 0. The number of hydrogen-bond donors (Lipinski definition) is 1. The fraction of sp³-hybridized carbons (Fsp3) is 0.0870. The summed E-state index contributed by atoms with van der Waals surface area (Å²) in [7, 11) is 1.43. The average Bonchev–Trinajstić information content (AvgIpc) is 2.68. The van der Waals surface area contributed by atoms with E-state index >= 15 is 4.39 Å². The highest BCUT2D eigenvalue weighted by atomic mass is 19.1. The number of benzene rings is 3. The lowest BCUT2D eigenvalue weighted by Gasteiger charge is -2.24. The van der Waals surface area contributed by atoms with Gasteiger partial charge in [0, 0.05) is 19.3 Å². The Hall–Kier alpha value is -3.74. The van der Waals surface area contributed by atoms with Gasteiger partial charge >= 0.3 is 0 Å². The predicted octanol–water partition coefficient (Wildman–Crippen LogP) is 5.86. The smallest absolute Gasteiger partial charge is 0.220 e. The maximum absolute atomic E-state index is 15.1. The van der Waals surface area contributed by atoms with E-state index in [9.17, 15) is 13.9 Å². The van der Waals surface area contributed by atoms with Crippen molar-refractivity contribution in [2.45, 2.75) is 6.92 Å². The number of phenolic OH excluding ortho intramolecular Hbond substituents is 1. The zero-order valence-corrected chi connectivity index (χ0v) is 16.2. The third kappa shape index (κ3) is 3.50. The van der Waals surface area contributed by atoms with Crippen molar-refractivity contribution in [1.29, 1.82) is 0 Å². The zero-order valence-electron chi connectivity index (χ0n) is 16.2. The van der Waals surface area contributed by atoms with Crippen molar-refractivity contribution >= 4 is 17.3 Å². The van der Waals surface area contributed by atoms with Gasteiger partial charge < -0.3 is 14.7 Å². The Labute approximate surface area is 171 Å². The second-order valence-electron chi connectivity index (χ2n) is 6.82. The molecular formula is C23H17F3N2O2. The van der Waals surface area contributed by atoms with E-state index in [0.717, 1.165) is 6.07 Å². The molecular weight excluding hydrogens is 393 g/mol. The topological polar surface area (TPSA) is 45.1 Å². The molecule has 1 N–H and O–H groups in total. The molecule has 0 amide bonds. The van der Waals surface area contributed by atoms with Crippen molar-refractivity contribution in [2.75, 3.05) is 11.9 Å². The highest BCUT2D eigenvalue weighted by molar-refractivity contribution is 5.94. The van der Waals surface area contributed by atoms with Gasteiger partial charge in [0.2, 0.25) is 5.90 Å². The van der Waals surface area contributed by atoms with Crippen molar-refractivity contribution < 1.29 is 23.0 Å². The van der Waals surface area contributed by atoms with Crippen LogP contribution in [0.5, 0.6) is 11.5 Å². The van der Waals surface area contributed by atoms with Crippen LogP contribution in [-0.2, 0) is 0 Å². The van der Waals surface area contributed by atoms with E-state index in [1.807, 2.05) is 0 Å². The van der Waals surface area contributed by atoms with Crippen LogP contribution in [0.25, 0.3) is 11.1 Å². The van der Waals surface area contributed by atoms with E-state index in [1.165, 1.54) is 36.3 Å². The van der Waals surface area contributed by atoms with E-state index in [2.05, 4.69) is 4.99 Å². The number of phenols is 1. The number of halogens is 3. The van der Waals surface area contributed by atoms with Crippen LogP contribution in [0.4, 0.5) is 24.5 Å². The monoisotopic (exact) mass is 410 g/mol. The molecule has 30 heavy (non-hydrogen) atoms. The van der Waals surface area contributed by atoms with Crippen LogP contribution in [0.2, 0.25) is 0 Å². The molecule has 0 radical (unpaired) electrons. The Bertz CT molecular complexity index is 1210. The first-order valence-electron chi connectivity index (χ1n) is 9.08. The third-order valence-corrected chi connectivity index (χ3v) is 4.80. The minimum absolute atomic E-state index is 0.144. The van der Waals surface area contributed by atoms with Crippen molar-refractivity contribution in [1.82, 2.24) is 0 Å². The zero-order chi connectivity index (χ0) is 21.4. The van der Waals surface area contributed by atoms with Gasteiger partial charge in [-0.25, -0.2) is 18.2 Å². The van der Waals surface area contributed by atoms with Crippen molar-refractivity contribution in [2.24, 2.45) is 4.99 Å². The number of hydrogen-bond acceptors (Lipinski definition) is 4. The molecule has 1 aliphatic rings. The summed E-state index contributed by atoms with van der Waals surface area (Å²) in [6, 6.07) is 11.4. The van der Waals surface area contributed by atoms with Gasteiger partial charge in [-0.2, -0.15) is 0 Å². The van der Waals surface area contributed by atoms with Crippen molar-refractivity contribution in [3.8, 4) is 22.6 Å². The summed E-state index contributed by atoms with van der Waals surface area (Å²) in [6.07, 6.45) is 3.03. The third-order valence-electron chi connectivity index (χ3n) is 4.80. The summed E-state index contributed by atoms with van der Waals surface area (Å²) in [5, 5.41) is 10.6. The van der Waals surface area contributed by atoms with Gasteiger partial charge in [-0.15, -0.1) is 0 Å². The molecule has 0 spiro atoms. The van der Waals surface area contributed by atoms with E-state index in [1.54, 1.807) is 37.3 Å². The van der Waals surface area contributed by atoms with Gasteiger partial charge in [0.25, 0.3) is 0 Å². The Balaban J connectivity index is 1.80.